The van der Waals surface area contributed by atoms with Crippen molar-refractivity contribution in [2.24, 2.45) is 0 Å². The molecule has 1 N–H and O–H groups in total. The molecule has 0 spiro atoms. The Morgan fingerprint density at radius 3 is 2.95 bits per heavy atom. The molecular formula is C17H18N2O2. The molecule has 2 aromatic rings. The number of aromatic amines is 1. The number of esters is 1. The normalized spacial score (nSPS) is 11.3. The highest BCUT2D eigenvalue weighted by Gasteiger charge is 2.11. The molecule has 4 nitrogen and oxygen atoms in total. The summed E-state index contributed by atoms with van der Waals surface area (Å²) < 4.78 is 5.12. The molecule has 0 aliphatic heterocycles. The molecule has 1 aromatic heterocycles. The smallest absolute Gasteiger partial charge is 0.348 e. The van der Waals surface area contributed by atoms with E-state index in [4.69, 9.17) is 10.00 Å². The number of benzene rings is 1. The number of H-pyrrole nitrogens is 1. The van der Waals surface area contributed by atoms with Crippen molar-refractivity contribution in [3.05, 3.63) is 41.6 Å². The van der Waals surface area contributed by atoms with Gasteiger partial charge < -0.3 is 9.72 Å². The van der Waals surface area contributed by atoms with E-state index in [1.165, 1.54) is 0 Å². The first kappa shape index (κ1) is 14.9. The third kappa shape index (κ3) is 3.73. The first-order valence-electron chi connectivity index (χ1n) is 7.11. The van der Waals surface area contributed by atoms with Crippen LogP contribution in [0.15, 0.2) is 36.0 Å². The molecule has 0 aliphatic rings. The van der Waals surface area contributed by atoms with Gasteiger partial charge in [-0.25, -0.2) is 4.79 Å². The monoisotopic (exact) mass is 282 g/mol. The van der Waals surface area contributed by atoms with Crippen LogP contribution in [-0.2, 0) is 9.53 Å². The number of nitriles is 1. The van der Waals surface area contributed by atoms with Crippen molar-refractivity contribution in [3.8, 4) is 6.07 Å². The van der Waals surface area contributed by atoms with E-state index in [0.717, 1.165) is 35.7 Å². The van der Waals surface area contributed by atoms with Gasteiger partial charge in [-0.2, -0.15) is 5.26 Å². The maximum atomic E-state index is 11.9. The van der Waals surface area contributed by atoms with Crippen LogP contribution in [0.5, 0.6) is 0 Å². The molecule has 4 heteroatoms. The number of ether oxygens (including phenoxy) is 1. The predicted octanol–water partition coefficient (Wildman–Crippen LogP) is 3.81. The molecule has 0 radical (unpaired) electrons. The second-order valence-electron chi connectivity index (χ2n) is 4.80. The minimum absolute atomic E-state index is 0.0243. The molecular weight excluding hydrogens is 264 g/mol. The lowest BCUT2D eigenvalue weighted by atomic mass is 10.1. The highest BCUT2D eigenvalue weighted by molar-refractivity contribution is 6.01. The average molecular weight is 282 g/mol. The van der Waals surface area contributed by atoms with Gasteiger partial charge in [0.15, 0.2) is 0 Å². The summed E-state index contributed by atoms with van der Waals surface area (Å²) in [5, 5.41) is 10.1. The highest BCUT2D eigenvalue weighted by atomic mass is 16.5. The fraction of sp³-hybridized carbons (Fsp3) is 0.294. The molecule has 2 rings (SSSR count). The number of fused-ring (bicyclic) bond motifs is 1. The predicted molar refractivity (Wildman–Crippen MR) is 82.4 cm³/mol. The zero-order chi connectivity index (χ0) is 15.1. The van der Waals surface area contributed by atoms with E-state index in [-0.39, 0.29) is 5.57 Å². The Morgan fingerprint density at radius 2 is 2.19 bits per heavy atom. The van der Waals surface area contributed by atoms with Gasteiger partial charge in [0.1, 0.15) is 11.6 Å². The van der Waals surface area contributed by atoms with Gasteiger partial charge >= 0.3 is 5.97 Å². The zero-order valence-electron chi connectivity index (χ0n) is 12.1. The van der Waals surface area contributed by atoms with Crippen molar-refractivity contribution in [1.29, 1.82) is 5.26 Å². The number of hydrogen-bond donors (Lipinski definition) is 1. The van der Waals surface area contributed by atoms with Crippen LogP contribution in [-0.4, -0.2) is 17.6 Å². The SMILES string of the molecule is CCCCCOC(=O)/C(C#N)=C/c1c[nH]c2ccccc12. The summed E-state index contributed by atoms with van der Waals surface area (Å²) in [5.41, 5.74) is 1.81. The molecule has 0 amide bonds. The summed E-state index contributed by atoms with van der Waals surface area (Å²) in [6.45, 7) is 2.44. The van der Waals surface area contributed by atoms with Gasteiger partial charge in [0.2, 0.25) is 0 Å². The number of carbonyl (C=O) groups is 1. The van der Waals surface area contributed by atoms with Crippen LogP contribution >= 0.6 is 0 Å². The van der Waals surface area contributed by atoms with Gasteiger partial charge in [-0.1, -0.05) is 38.0 Å². The van der Waals surface area contributed by atoms with Crippen LogP contribution in [0.2, 0.25) is 0 Å². The van der Waals surface area contributed by atoms with Gasteiger partial charge in [0.05, 0.1) is 6.61 Å². The second-order valence-corrected chi connectivity index (χ2v) is 4.80. The fourth-order valence-corrected chi connectivity index (χ4v) is 2.10. The van der Waals surface area contributed by atoms with Crippen LogP contribution < -0.4 is 0 Å². The number of aromatic nitrogens is 1. The maximum Gasteiger partial charge on any atom is 0.348 e. The molecule has 0 unspecified atom stereocenters. The van der Waals surface area contributed by atoms with Gasteiger partial charge in [-0.3, -0.25) is 0 Å². The number of nitrogens with one attached hydrogen (secondary N) is 1. The van der Waals surface area contributed by atoms with Crippen LogP contribution in [0, 0.1) is 11.3 Å². The minimum Gasteiger partial charge on any atom is -0.462 e. The quantitative estimate of drug-likeness (QED) is 0.379. The summed E-state index contributed by atoms with van der Waals surface area (Å²) in [6, 6.07) is 9.66. The summed E-state index contributed by atoms with van der Waals surface area (Å²) >= 11 is 0. The van der Waals surface area contributed by atoms with Crippen molar-refractivity contribution in [1.82, 2.24) is 4.98 Å². The topological polar surface area (TPSA) is 65.9 Å². The summed E-state index contributed by atoms with van der Waals surface area (Å²) in [7, 11) is 0. The van der Waals surface area contributed by atoms with E-state index < -0.39 is 5.97 Å². The molecule has 1 heterocycles. The van der Waals surface area contributed by atoms with Crippen molar-refractivity contribution >= 4 is 22.9 Å². The summed E-state index contributed by atoms with van der Waals surface area (Å²) in [4.78, 5) is 15.0. The lowest BCUT2D eigenvalue weighted by Gasteiger charge is -2.02. The van der Waals surface area contributed by atoms with Crippen molar-refractivity contribution in [3.63, 3.8) is 0 Å². The van der Waals surface area contributed by atoms with E-state index in [9.17, 15) is 4.79 Å². The fourth-order valence-electron chi connectivity index (χ4n) is 2.10. The minimum atomic E-state index is -0.557. The molecule has 0 bridgehead atoms. The Labute approximate surface area is 124 Å². The Hall–Kier alpha value is -2.54. The second kappa shape index (κ2) is 7.30. The van der Waals surface area contributed by atoms with Gasteiger partial charge in [-0.15, -0.1) is 0 Å². The third-order valence-corrected chi connectivity index (χ3v) is 3.24. The average Bonchev–Trinajstić information content (AvgIpc) is 2.92. The maximum absolute atomic E-state index is 11.9. The first-order valence-corrected chi connectivity index (χ1v) is 7.11. The Kier molecular flexibility index (Phi) is 5.16. The van der Waals surface area contributed by atoms with Crippen molar-refractivity contribution in [2.75, 3.05) is 6.61 Å². The first-order chi connectivity index (χ1) is 10.3. The molecule has 0 saturated heterocycles. The standard InChI is InChI=1S/C17H18N2O2/c1-2-3-6-9-21-17(20)13(11-18)10-14-12-19-16-8-5-4-7-15(14)16/h4-5,7-8,10,12,19H,2-3,6,9H2,1H3/b13-10+. The van der Waals surface area contributed by atoms with Crippen LogP contribution in [0.4, 0.5) is 0 Å². The van der Waals surface area contributed by atoms with E-state index in [2.05, 4.69) is 11.9 Å². The molecule has 0 aliphatic carbocycles. The molecule has 108 valence electrons. The van der Waals surface area contributed by atoms with E-state index >= 15 is 0 Å². The number of rotatable bonds is 6. The number of unbranched alkanes of at least 4 members (excludes halogenated alkanes) is 2. The van der Waals surface area contributed by atoms with Gasteiger partial charge in [0.25, 0.3) is 0 Å². The summed E-state index contributed by atoms with van der Waals surface area (Å²) in [5.74, 6) is -0.557. The zero-order valence-corrected chi connectivity index (χ0v) is 12.1. The number of hydrogen-bond acceptors (Lipinski definition) is 3. The van der Waals surface area contributed by atoms with Crippen LogP contribution in [0.25, 0.3) is 17.0 Å². The Morgan fingerprint density at radius 1 is 1.38 bits per heavy atom. The van der Waals surface area contributed by atoms with Crippen LogP contribution in [0.1, 0.15) is 31.7 Å². The molecule has 1 aromatic carbocycles. The molecule has 21 heavy (non-hydrogen) atoms. The number of nitrogens with zero attached hydrogens (tertiary/aromatic N) is 1. The highest BCUT2D eigenvalue weighted by Crippen LogP contribution is 2.20. The Balaban J connectivity index is 2.13. The number of carbonyl (C=O) groups excluding carboxylic acids is 1. The van der Waals surface area contributed by atoms with Gasteiger partial charge in [-0.05, 0) is 18.6 Å². The third-order valence-electron chi connectivity index (χ3n) is 3.24. The summed E-state index contributed by atoms with van der Waals surface area (Å²) in [6.07, 6.45) is 6.26. The molecule has 0 atom stereocenters. The van der Waals surface area contributed by atoms with Crippen molar-refractivity contribution in [2.45, 2.75) is 26.2 Å². The Bertz CT molecular complexity index is 692. The largest absolute Gasteiger partial charge is 0.462 e. The van der Waals surface area contributed by atoms with E-state index in [0.29, 0.717) is 6.61 Å². The molecule has 0 fully saturated rings. The van der Waals surface area contributed by atoms with E-state index in [1.807, 2.05) is 30.3 Å². The van der Waals surface area contributed by atoms with Crippen LogP contribution in [0.3, 0.4) is 0 Å². The van der Waals surface area contributed by atoms with E-state index in [1.54, 1.807) is 12.3 Å². The van der Waals surface area contributed by atoms with Crippen molar-refractivity contribution < 1.29 is 9.53 Å². The lowest BCUT2D eigenvalue weighted by molar-refractivity contribution is -0.138. The lowest BCUT2D eigenvalue weighted by Crippen LogP contribution is -2.07. The van der Waals surface area contributed by atoms with Gasteiger partial charge in [0, 0.05) is 22.7 Å². The number of para-hydroxylation sites is 1. The molecule has 0 saturated carbocycles.